The van der Waals surface area contributed by atoms with E-state index in [2.05, 4.69) is 10.3 Å². The molecule has 0 aliphatic heterocycles. The first-order valence-corrected chi connectivity index (χ1v) is 8.46. The van der Waals surface area contributed by atoms with Crippen LogP contribution in [0.2, 0.25) is 0 Å². The molecule has 2 aromatic carbocycles. The first kappa shape index (κ1) is 19.4. The zero-order chi connectivity index (χ0) is 20.1. The molecule has 0 bridgehead atoms. The summed E-state index contributed by atoms with van der Waals surface area (Å²) in [4.78, 5) is 16.2. The van der Waals surface area contributed by atoms with Crippen molar-refractivity contribution in [3.63, 3.8) is 0 Å². The lowest BCUT2D eigenvalue weighted by molar-refractivity contribution is -0.137. The molecule has 3 rings (SSSR count). The topological polar surface area (TPSA) is 51.2 Å². The number of hydrogen-bond donors (Lipinski definition) is 1. The molecule has 1 amide bonds. The van der Waals surface area contributed by atoms with Crippen molar-refractivity contribution >= 4 is 5.91 Å². The van der Waals surface area contributed by atoms with Gasteiger partial charge in [-0.1, -0.05) is 12.1 Å². The Balaban J connectivity index is 1.62. The maximum atomic E-state index is 12.6. The summed E-state index contributed by atoms with van der Waals surface area (Å²) in [5, 5.41) is 2.79. The number of halogens is 3. The Bertz CT molecular complexity index is 953. The third-order valence-electron chi connectivity index (χ3n) is 3.94. The lowest BCUT2D eigenvalue weighted by Crippen LogP contribution is -2.22. The van der Waals surface area contributed by atoms with Crippen molar-refractivity contribution in [3.05, 3.63) is 89.2 Å². The van der Waals surface area contributed by atoms with E-state index in [4.69, 9.17) is 4.74 Å². The number of benzene rings is 2. The largest absolute Gasteiger partial charge is 0.457 e. The normalized spacial score (nSPS) is 11.1. The summed E-state index contributed by atoms with van der Waals surface area (Å²) in [6.07, 6.45) is -2.88. The van der Waals surface area contributed by atoms with Gasteiger partial charge in [-0.15, -0.1) is 0 Å². The van der Waals surface area contributed by atoms with E-state index in [0.29, 0.717) is 17.1 Å². The number of hydrogen-bond acceptors (Lipinski definition) is 3. The van der Waals surface area contributed by atoms with Gasteiger partial charge in [0.05, 0.1) is 11.1 Å². The van der Waals surface area contributed by atoms with E-state index in [0.717, 1.165) is 23.4 Å². The Kier molecular flexibility index (Phi) is 5.63. The minimum atomic E-state index is -4.39. The van der Waals surface area contributed by atoms with Gasteiger partial charge in [-0.3, -0.25) is 9.78 Å². The van der Waals surface area contributed by atoms with Gasteiger partial charge >= 0.3 is 6.18 Å². The highest BCUT2D eigenvalue weighted by Crippen LogP contribution is 2.31. The van der Waals surface area contributed by atoms with Crippen LogP contribution in [0.15, 0.2) is 66.9 Å². The molecule has 144 valence electrons. The minimum Gasteiger partial charge on any atom is -0.457 e. The summed E-state index contributed by atoms with van der Waals surface area (Å²) in [6.45, 7) is 2.11. The number of nitrogens with zero attached hydrogens (tertiary/aromatic N) is 1. The van der Waals surface area contributed by atoms with Crippen LogP contribution in [-0.4, -0.2) is 10.9 Å². The number of nitrogens with one attached hydrogen (secondary N) is 1. The molecule has 1 heterocycles. The van der Waals surface area contributed by atoms with Gasteiger partial charge in [0.2, 0.25) is 0 Å². The predicted molar refractivity (Wildman–Crippen MR) is 98.1 cm³/mol. The van der Waals surface area contributed by atoms with Crippen LogP contribution in [0, 0.1) is 6.92 Å². The maximum absolute atomic E-state index is 12.6. The van der Waals surface area contributed by atoms with Crippen molar-refractivity contribution in [2.75, 3.05) is 0 Å². The van der Waals surface area contributed by atoms with E-state index in [9.17, 15) is 18.0 Å². The smallest absolute Gasteiger partial charge is 0.416 e. The van der Waals surface area contributed by atoms with E-state index >= 15 is 0 Å². The summed E-state index contributed by atoms with van der Waals surface area (Å²) >= 11 is 0. The predicted octanol–water partition coefficient (Wildman–Crippen LogP) is 5.13. The van der Waals surface area contributed by atoms with Crippen LogP contribution in [0.4, 0.5) is 13.2 Å². The molecule has 3 aromatic rings. The van der Waals surface area contributed by atoms with Gasteiger partial charge in [0.1, 0.15) is 11.5 Å². The first-order valence-electron chi connectivity index (χ1n) is 8.46. The molecule has 7 heteroatoms. The fourth-order valence-corrected chi connectivity index (χ4v) is 2.45. The van der Waals surface area contributed by atoms with E-state index < -0.39 is 11.7 Å². The van der Waals surface area contributed by atoms with Crippen LogP contribution < -0.4 is 10.1 Å². The van der Waals surface area contributed by atoms with Crippen LogP contribution in [0.5, 0.6) is 11.5 Å². The van der Waals surface area contributed by atoms with Crippen LogP contribution in [0.3, 0.4) is 0 Å². The summed E-state index contributed by atoms with van der Waals surface area (Å²) in [5.74, 6) is 0.505. The van der Waals surface area contributed by atoms with Crippen LogP contribution in [0.25, 0.3) is 0 Å². The SMILES string of the molecule is Cc1ccc(C(=O)NCc2cccc(Oc3ccc(C(F)(F)F)cc3)c2)cn1. The highest BCUT2D eigenvalue weighted by Gasteiger charge is 2.30. The lowest BCUT2D eigenvalue weighted by Gasteiger charge is -2.10. The van der Waals surface area contributed by atoms with Crippen LogP contribution in [-0.2, 0) is 12.7 Å². The minimum absolute atomic E-state index is 0.249. The Hall–Kier alpha value is -3.35. The molecule has 0 radical (unpaired) electrons. The molecule has 28 heavy (non-hydrogen) atoms. The number of ether oxygens (including phenoxy) is 1. The fraction of sp³-hybridized carbons (Fsp3) is 0.143. The van der Waals surface area contributed by atoms with Crippen molar-refractivity contribution in [2.24, 2.45) is 0 Å². The average molecular weight is 386 g/mol. The zero-order valence-corrected chi connectivity index (χ0v) is 15.0. The Morgan fingerprint density at radius 3 is 2.43 bits per heavy atom. The van der Waals surface area contributed by atoms with Crippen molar-refractivity contribution in [1.82, 2.24) is 10.3 Å². The van der Waals surface area contributed by atoms with Gasteiger partial charge < -0.3 is 10.1 Å². The summed E-state index contributed by atoms with van der Waals surface area (Å²) in [5.41, 5.74) is 1.34. The highest BCUT2D eigenvalue weighted by molar-refractivity contribution is 5.93. The van der Waals surface area contributed by atoms with Gasteiger partial charge in [-0.2, -0.15) is 13.2 Å². The molecule has 0 unspecified atom stereocenters. The third kappa shape index (κ3) is 5.09. The number of alkyl halides is 3. The van der Waals surface area contributed by atoms with Crippen molar-refractivity contribution in [2.45, 2.75) is 19.6 Å². The maximum Gasteiger partial charge on any atom is 0.416 e. The second kappa shape index (κ2) is 8.12. The number of rotatable bonds is 5. The number of pyridine rings is 1. The molecule has 0 aliphatic rings. The van der Waals surface area contributed by atoms with Gasteiger partial charge in [0, 0.05) is 18.4 Å². The van der Waals surface area contributed by atoms with Crippen LogP contribution >= 0.6 is 0 Å². The molecule has 0 atom stereocenters. The van der Waals surface area contributed by atoms with Crippen molar-refractivity contribution in [3.8, 4) is 11.5 Å². The quantitative estimate of drug-likeness (QED) is 0.661. The number of aryl methyl sites for hydroxylation is 1. The molecule has 1 aromatic heterocycles. The number of carbonyl (C=O) groups excluding carboxylic acids is 1. The van der Waals surface area contributed by atoms with Gasteiger partial charge in [0.25, 0.3) is 5.91 Å². The van der Waals surface area contributed by atoms with E-state index in [1.54, 1.807) is 30.3 Å². The summed E-state index contributed by atoms with van der Waals surface area (Å²) in [6, 6.07) is 14.9. The highest BCUT2D eigenvalue weighted by atomic mass is 19.4. The second-order valence-corrected chi connectivity index (χ2v) is 6.14. The Labute approximate surface area is 160 Å². The molecule has 0 saturated heterocycles. The molecule has 4 nitrogen and oxygen atoms in total. The zero-order valence-electron chi connectivity index (χ0n) is 15.0. The van der Waals surface area contributed by atoms with Crippen molar-refractivity contribution in [1.29, 1.82) is 0 Å². The number of amides is 1. The summed E-state index contributed by atoms with van der Waals surface area (Å²) < 4.78 is 43.4. The second-order valence-electron chi connectivity index (χ2n) is 6.14. The van der Waals surface area contributed by atoms with E-state index in [1.807, 2.05) is 13.0 Å². The molecular weight excluding hydrogens is 369 g/mol. The van der Waals surface area contributed by atoms with Gasteiger partial charge in [-0.25, -0.2) is 0 Å². The average Bonchev–Trinajstić information content (AvgIpc) is 2.67. The Morgan fingerprint density at radius 2 is 1.79 bits per heavy atom. The lowest BCUT2D eigenvalue weighted by atomic mass is 10.2. The molecule has 0 fully saturated rings. The van der Waals surface area contributed by atoms with E-state index in [-0.39, 0.29) is 12.5 Å². The number of aromatic nitrogens is 1. The van der Waals surface area contributed by atoms with Gasteiger partial charge in [0.15, 0.2) is 0 Å². The molecule has 0 saturated carbocycles. The standard InChI is InChI=1S/C21H17F3N2O2/c1-14-5-6-16(13-25-14)20(27)26-12-15-3-2-4-19(11-15)28-18-9-7-17(8-10-18)21(22,23)24/h2-11,13H,12H2,1H3,(H,26,27). The first-order chi connectivity index (χ1) is 13.3. The van der Waals surface area contributed by atoms with Crippen molar-refractivity contribution < 1.29 is 22.7 Å². The number of carbonyl (C=O) groups is 1. The monoisotopic (exact) mass is 386 g/mol. The Morgan fingerprint density at radius 1 is 1.04 bits per heavy atom. The fourth-order valence-electron chi connectivity index (χ4n) is 2.45. The molecular formula is C21H17F3N2O2. The third-order valence-corrected chi connectivity index (χ3v) is 3.94. The molecule has 0 aliphatic carbocycles. The van der Waals surface area contributed by atoms with Crippen LogP contribution in [0.1, 0.15) is 27.2 Å². The van der Waals surface area contributed by atoms with Gasteiger partial charge in [-0.05, 0) is 61.0 Å². The van der Waals surface area contributed by atoms with E-state index in [1.165, 1.54) is 18.3 Å². The molecule has 0 spiro atoms. The molecule has 1 N–H and O–H groups in total. The summed E-state index contributed by atoms with van der Waals surface area (Å²) in [7, 11) is 0.